The second-order valence-corrected chi connectivity index (χ2v) is 5.37. The van der Waals surface area contributed by atoms with Crippen LogP contribution in [0.2, 0.25) is 0 Å². The van der Waals surface area contributed by atoms with Crippen molar-refractivity contribution >= 4 is 5.78 Å². The standard InChI is InChI=1S/C14H24N4O/c1-3-5-14(6-8-15-9-7-14)12(19)10-13-16-11-17-18(13)4-2/h11,15H,3-10H2,1-2H3. The van der Waals surface area contributed by atoms with Crippen LogP contribution >= 0.6 is 0 Å². The molecule has 0 spiro atoms. The van der Waals surface area contributed by atoms with E-state index in [0.29, 0.717) is 12.2 Å². The van der Waals surface area contributed by atoms with Crippen molar-refractivity contribution in [1.29, 1.82) is 0 Å². The van der Waals surface area contributed by atoms with Crippen molar-refractivity contribution in [1.82, 2.24) is 20.1 Å². The molecule has 1 aromatic heterocycles. The Balaban J connectivity index is 2.11. The average molecular weight is 264 g/mol. The molecular weight excluding hydrogens is 240 g/mol. The minimum Gasteiger partial charge on any atom is -0.317 e. The van der Waals surface area contributed by atoms with Crippen molar-refractivity contribution in [2.45, 2.75) is 52.5 Å². The topological polar surface area (TPSA) is 59.8 Å². The largest absolute Gasteiger partial charge is 0.317 e. The van der Waals surface area contributed by atoms with Gasteiger partial charge >= 0.3 is 0 Å². The lowest BCUT2D eigenvalue weighted by molar-refractivity contribution is -0.130. The Morgan fingerprint density at radius 1 is 1.42 bits per heavy atom. The van der Waals surface area contributed by atoms with E-state index in [9.17, 15) is 4.79 Å². The van der Waals surface area contributed by atoms with Crippen molar-refractivity contribution in [3.05, 3.63) is 12.2 Å². The predicted molar refractivity (Wildman–Crippen MR) is 73.9 cm³/mol. The predicted octanol–water partition coefficient (Wildman–Crippen LogP) is 1.58. The van der Waals surface area contributed by atoms with Crippen LogP contribution in [0.1, 0.15) is 45.4 Å². The first kappa shape index (κ1) is 14.2. The molecule has 1 aliphatic rings. The molecule has 106 valence electrons. The Bertz CT molecular complexity index is 415. The number of ketones is 1. The molecule has 0 aromatic carbocycles. The Morgan fingerprint density at radius 3 is 2.79 bits per heavy atom. The highest BCUT2D eigenvalue weighted by Crippen LogP contribution is 2.35. The van der Waals surface area contributed by atoms with Crippen molar-refractivity contribution in [3.63, 3.8) is 0 Å². The van der Waals surface area contributed by atoms with Crippen molar-refractivity contribution < 1.29 is 4.79 Å². The monoisotopic (exact) mass is 264 g/mol. The first-order valence-electron chi connectivity index (χ1n) is 7.32. The van der Waals surface area contributed by atoms with Gasteiger partial charge in [-0.15, -0.1) is 0 Å². The Kier molecular flexibility index (Phi) is 4.69. The second-order valence-electron chi connectivity index (χ2n) is 5.37. The molecule has 1 fully saturated rings. The highest BCUT2D eigenvalue weighted by atomic mass is 16.1. The minimum atomic E-state index is -0.134. The smallest absolute Gasteiger partial charge is 0.146 e. The van der Waals surface area contributed by atoms with Gasteiger partial charge < -0.3 is 5.32 Å². The van der Waals surface area contributed by atoms with Crippen molar-refractivity contribution in [3.8, 4) is 0 Å². The van der Waals surface area contributed by atoms with Crippen LogP contribution in [0, 0.1) is 5.41 Å². The molecule has 0 saturated carbocycles. The van der Waals surface area contributed by atoms with Gasteiger partial charge in [0.05, 0.1) is 6.42 Å². The van der Waals surface area contributed by atoms with E-state index in [1.807, 2.05) is 11.6 Å². The lowest BCUT2D eigenvalue weighted by atomic mass is 9.71. The SMILES string of the molecule is CCCC1(C(=O)Cc2ncnn2CC)CCNCC1. The van der Waals surface area contributed by atoms with E-state index in [2.05, 4.69) is 22.3 Å². The molecule has 5 nitrogen and oxygen atoms in total. The third-order valence-electron chi connectivity index (χ3n) is 4.19. The summed E-state index contributed by atoms with van der Waals surface area (Å²) >= 11 is 0. The molecule has 0 unspecified atom stereocenters. The van der Waals surface area contributed by atoms with Crippen LogP contribution in [0.25, 0.3) is 0 Å². The number of rotatable bonds is 6. The summed E-state index contributed by atoms with van der Waals surface area (Å²) in [5, 5.41) is 7.49. The Hall–Kier alpha value is -1.23. The van der Waals surface area contributed by atoms with E-state index in [0.717, 1.165) is 51.1 Å². The first-order chi connectivity index (χ1) is 9.22. The molecule has 1 aromatic rings. The highest BCUT2D eigenvalue weighted by Gasteiger charge is 2.38. The number of hydrogen-bond acceptors (Lipinski definition) is 4. The number of Topliss-reactive ketones (excluding diaryl/α,β-unsaturated/α-hetero) is 1. The van der Waals surface area contributed by atoms with Crippen LogP contribution in [0.5, 0.6) is 0 Å². The fraction of sp³-hybridized carbons (Fsp3) is 0.786. The Morgan fingerprint density at radius 2 is 2.16 bits per heavy atom. The zero-order chi connectivity index (χ0) is 13.7. The summed E-state index contributed by atoms with van der Waals surface area (Å²) in [7, 11) is 0. The number of carbonyl (C=O) groups is 1. The summed E-state index contributed by atoms with van der Waals surface area (Å²) in [5.41, 5.74) is -0.134. The van der Waals surface area contributed by atoms with Gasteiger partial charge in [0.15, 0.2) is 0 Å². The van der Waals surface area contributed by atoms with Gasteiger partial charge in [0.2, 0.25) is 0 Å². The van der Waals surface area contributed by atoms with Gasteiger partial charge in [-0.25, -0.2) is 9.67 Å². The minimum absolute atomic E-state index is 0.134. The Labute approximate surface area is 114 Å². The molecule has 0 atom stereocenters. The second kappa shape index (κ2) is 6.28. The number of aryl methyl sites for hydroxylation is 1. The zero-order valence-electron chi connectivity index (χ0n) is 12.0. The molecule has 19 heavy (non-hydrogen) atoms. The number of piperidine rings is 1. The van der Waals surface area contributed by atoms with E-state index in [1.165, 1.54) is 0 Å². The van der Waals surface area contributed by atoms with Crippen LogP contribution in [0.3, 0.4) is 0 Å². The maximum atomic E-state index is 12.7. The van der Waals surface area contributed by atoms with Crippen LogP contribution < -0.4 is 5.32 Å². The lowest BCUT2D eigenvalue weighted by Gasteiger charge is -2.36. The van der Waals surface area contributed by atoms with Gasteiger partial charge in [0.1, 0.15) is 17.9 Å². The van der Waals surface area contributed by atoms with Gasteiger partial charge in [0, 0.05) is 12.0 Å². The van der Waals surface area contributed by atoms with Crippen LogP contribution in [0.4, 0.5) is 0 Å². The summed E-state index contributed by atoms with van der Waals surface area (Å²) in [6, 6.07) is 0. The van der Waals surface area contributed by atoms with Gasteiger partial charge in [-0.1, -0.05) is 13.3 Å². The third kappa shape index (κ3) is 3.03. The lowest BCUT2D eigenvalue weighted by Crippen LogP contribution is -2.43. The number of nitrogens with zero attached hydrogens (tertiary/aromatic N) is 3. The summed E-state index contributed by atoms with van der Waals surface area (Å²) in [4.78, 5) is 17.0. The molecule has 0 radical (unpaired) electrons. The summed E-state index contributed by atoms with van der Waals surface area (Å²) in [6.07, 6.45) is 5.94. The van der Waals surface area contributed by atoms with Gasteiger partial charge in [0.25, 0.3) is 0 Å². The van der Waals surface area contributed by atoms with Gasteiger partial charge in [-0.2, -0.15) is 5.10 Å². The summed E-state index contributed by atoms with van der Waals surface area (Å²) in [5.74, 6) is 1.15. The maximum absolute atomic E-state index is 12.7. The maximum Gasteiger partial charge on any atom is 0.146 e. The molecule has 2 heterocycles. The fourth-order valence-corrected chi connectivity index (χ4v) is 3.07. The zero-order valence-corrected chi connectivity index (χ0v) is 12.0. The normalized spacial score (nSPS) is 18.4. The average Bonchev–Trinajstić information content (AvgIpc) is 2.87. The molecule has 1 N–H and O–H groups in total. The van der Waals surface area contributed by atoms with E-state index < -0.39 is 0 Å². The van der Waals surface area contributed by atoms with Crippen LogP contribution in [-0.2, 0) is 17.8 Å². The van der Waals surface area contributed by atoms with Crippen molar-refractivity contribution in [2.24, 2.45) is 5.41 Å². The number of aromatic nitrogens is 3. The highest BCUT2D eigenvalue weighted by molar-refractivity contribution is 5.86. The quantitative estimate of drug-likeness (QED) is 0.847. The molecular formula is C14H24N4O. The molecule has 1 aliphatic heterocycles. The van der Waals surface area contributed by atoms with E-state index in [4.69, 9.17) is 0 Å². The van der Waals surface area contributed by atoms with E-state index >= 15 is 0 Å². The molecule has 0 amide bonds. The van der Waals surface area contributed by atoms with Crippen molar-refractivity contribution in [2.75, 3.05) is 13.1 Å². The summed E-state index contributed by atoms with van der Waals surface area (Å²) < 4.78 is 1.82. The van der Waals surface area contributed by atoms with Crippen LogP contribution in [-0.4, -0.2) is 33.6 Å². The number of carbonyl (C=O) groups excluding carboxylic acids is 1. The molecule has 1 saturated heterocycles. The number of nitrogens with one attached hydrogen (secondary N) is 1. The molecule has 5 heteroatoms. The van der Waals surface area contributed by atoms with Gasteiger partial charge in [-0.05, 0) is 39.3 Å². The van der Waals surface area contributed by atoms with Crippen LogP contribution in [0.15, 0.2) is 6.33 Å². The first-order valence-corrected chi connectivity index (χ1v) is 7.32. The summed E-state index contributed by atoms with van der Waals surface area (Å²) in [6.45, 7) is 6.85. The molecule has 0 bridgehead atoms. The van der Waals surface area contributed by atoms with Gasteiger partial charge in [-0.3, -0.25) is 4.79 Å². The molecule has 2 rings (SSSR count). The van der Waals surface area contributed by atoms with E-state index in [1.54, 1.807) is 6.33 Å². The number of hydrogen-bond donors (Lipinski definition) is 1. The third-order valence-corrected chi connectivity index (χ3v) is 4.19. The fourth-order valence-electron chi connectivity index (χ4n) is 3.07. The van der Waals surface area contributed by atoms with E-state index in [-0.39, 0.29) is 5.41 Å². The molecule has 0 aliphatic carbocycles.